The number of nitrogens with one attached hydrogen (secondary N) is 1. The maximum absolute atomic E-state index is 12.3. The van der Waals surface area contributed by atoms with Crippen molar-refractivity contribution in [2.45, 2.75) is 33.7 Å². The number of methoxy groups -OCH3 is 1. The number of aromatic nitrogens is 3. The van der Waals surface area contributed by atoms with Crippen LogP contribution in [0.1, 0.15) is 34.2 Å². The molecule has 0 saturated carbocycles. The standard InChI is InChI=1S/C16H22N4O2/c1-10-6-7-14(11(2)8-10)20-18-13(4)15(19-20)16(21)17-12(3)9-22-5/h6-8,12H,9H2,1-5H3,(H,17,21). The van der Waals surface area contributed by atoms with Gasteiger partial charge in [-0.15, -0.1) is 5.10 Å². The summed E-state index contributed by atoms with van der Waals surface area (Å²) in [5.41, 5.74) is 4.05. The van der Waals surface area contributed by atoms with Crippen LogP contribution in [0.3, 0.4) is 0 Å². The predicted molar refractivity (Wildman–Crippen MR) is 84.4 cm³/mol. The summed E-state index contributed by atoms with van der Waals surface area (Å²) in [5, 5.41) is 11.5. The lowest BCUT2D eigenvalue weighted by Gasteiger charge is -2.11. The number of nitrogens with zero attached hydrogens (tertiary/aromatic N) is 3. The molecule has 0 aliphatic heterocycles. The number of amides is 1. The topological polar surface area (TPSA) is 69.0 Å². The number of ether oxygens (including phenoxy) is 1. The van der Waals surface area contributed by atoms with Crippen molar-refractivity contribution >= 4 is 5.91 Å². The fourth-order valence-electron chi connectivity index (χ4n) is 2.31. The Morgan fingerprint density at radius 3 is 2.68 bits per heavy atom. The zero-order valence-electron chi connectivity index (χ0n) is 13.7. The minimum absolute atomic E-state index is 0.0804. The van der Waals surface area contributed by atoms with Crippen LogP contribution < -0.4 is 5.32 Å². The Hall–Kier alpha value is -2.21. The molecule has 0 radical (unpaired) electrons. The average Bonchev–Trinajstić information content (AvgIpc) is 2.80. The van der Waals surface area contributed by atoms with Gasteiger partial charge in [-0.05, 0) is 39.3 Å². The van der Waals surface area contributed by atoms with Crippen LogP contribution >= 0.6 is 0 Å². The van der Waals surface area contributed by atoms with E-state index in [1.807, 2.05) is 32.9 Å². The van der Waals surface area contributed by atoms with Gasteiger partial charge < -0.3 is 10.1 Å². The summed E-state index contributed by atoms with van der Waals surface area (Å²) < 4.78 is 5.02. The number of aryl methyl sites for hydroxylation is 3. The molecule has 1 N–H and O–H groups in total. The molecule has 1 amide bonds. The van der Waals surface area contributed by atoms with Crippen LogP contribution in [0.2, 0.25) is 0 Å². The number of carbonyl (C=O) groups excluding carboxylic acids is 1. The van der Waals surface area contributed by atoms with Crippen LogP contribution in [0.4, 0.5) is 0 Å². The second-order valence-electron chi connectivity index (χ2n) is 5.54. The highest BCUT2D eigenvalue weighted by Gasteiger charge is 2.18. The van der Waals surface area contributed by atoms with Gasteiger partial charge in [0.05, 0.1) is 18.0 Å². The van der Waals surface area contributed by atoms with E-state index in [0.717, 1.165) is 11.3 Å². The van der Waals surface area contributed by atoms with Crippen LogP contribution in [-0.2, 0) is 4.74 Å². The van der Waals surface area contributed by atoms with Crippen molar-refractivity contribution in [3.63, 3.8) is 0 Å². The largest absolute Gasteiger partial charge is 0.383 e. The Labute approximate surface area is 130 Å². The smallest absolute Gasteiger partial charge is 0.274 e. The molecular formula is C16H22N4O2. The van der Waals surface area contributed by atoms with Gasteiger partial charge in [0.15, 0.2) is 5.69 Å². The molecule has 118 valence electrons. The number of benzene rings is 1. The minimum atomic E-state index is -0.238. The third-order valence-corrected chi connectivity index (χ3v) is 3.36. The van der Waals surface area contributed by atoms with Crippen molar-refractivity contribution in [1.82, 2.24) is 20.3 Å². The lowest BCUT2D eigenvalue weighted by Crippen LogP contribution is -2.36. The van der Waals surface area contributed by atoms with Crippen LogP contribution in [0.15, 0.2) is 18.2 Å². The van der Waals surface area contributed by atoms with Gasteiger partial charge in [-0.2, -0.15) is 9.90 Å². The molecule has 1 atom stereocenters. The Kier molecular flexibility index (Phi) is 4.92. The molecule has 2 rings (SSSR count). The molecule has 0 aliphatic rings. The van der Waals surface area contributed by atoms with Gasteiger partial charge in [0.25, 0.3) is 5.91 Å². The van der Waals surface area contributed by atoms with E-state index in [4.69, 9.17) is 4.74 Å². The van der Waals surface area contributed by atoms with E-state index in [2.05, 4.69) is 21.6 Å². The molecule has 0 bridgehead atoms. The third-order valence-electron chi connectivity index (χ3n) is 3.36. The molecule has 1 unspecified atom stereocenters. The van der Waals surface area contributed by atoms with E-state index in [-0.39, 0.29) is 11.9 Å². The maximum Gasteiger partial charge on any atom is 0.274 e. The molecule has 1 aromatic carbocycles. The van der Waals surface area contributed by atoms with Gasteiger partial charge in [0, 0.05) is 13.2 Å². The Morgan fingerprint density at radius 1 is 1.32 bits per heavy atom. The van der Waals surface area contributed by atoms with Gasteiger partial charge in [0.1, 0.15) is 0 Å². The van der Waals surface area contributed by atoms with Gasteiger partial charge in [0.2, 0.25) is 0 Å². The first-order valence-corrected chi connectivity index (χ1v) is 7.23. The van der Waals surface area contributed by atoms with Crippen molar-refractivity contribution in [2.24, 2.45) is 0 Å². The summed E-state index contributed by atoms with van der Waals surface area (Å²) in [5.74, 6) is -0.238. The van der Waals surface area contributed by atoms with Crippen molar-refractivity contribution in [2.75, 3.05) is 13.7 Å². The maximum atomic E-state index is 12.3. The van der Waals surface area contributed by atoms with Crippen molar-refractivity contribution in [3.8, 4) is 5.69 Å². The molecule has 1 aromatic heterocycles. The Bertz CT molecular complexity index is 679. The van der Waals surface area contributed by atoms with Gasteiger partial charge in [-0.3, -0.25) is 4.79 Å². The lowest BCUT2D eigenvalue weighted by molar-refractivity contribution is 0.0899. The van der Waals surface area contributed by atoms with E-state index in [1.165, 1.54) is 10.4 Å². The summed E-state index contributed by atoms with van der Waals surface area (Å²) >= 11 is 0. The third kappa shape index (κ3) is 3.51. The summed E-state index contributed by atoms with van der Waals surface area (Å²) in [6, 6.07) is 5.94. The quantitative estimate of drug-likeness (QED) is 0.916. The molecule has 1 heterocycles. The average molecular weight is 302 g/mol. The van der Waals surface area contributed by atoms with Crippen molar-refractivity contribution < 1.29 is 9.53 Å². The second-order valence-corrected chi connectivity index (χ2v) is 5.54. The monoisotopic (exact) mass is 302 g/mol. The van der Waals surface area contributed by atoms with E-state index >= 15 is 0 Å². The first-order chi connectivity index (χ1) is 10.4. The van der Waals surface area contributed by atoms with E-state index in [0.29, 0.717) is 18.0 Å². The normalized spacial score (nSPS) is 12.2. The SMILES string of the molecule is COCC(C)NC(=O)c1nn(-c2ccc(C)cc2C)nc1C. The predicted octanol–water partition coefficient (Wildman–Crippen LogP) is 1.96. The molecule has 0 saturated heterocycles. The zero-order valence-corrected chi connectivity index (χ0v) is 13.7. The fraction of sp³-hybridized carbons (Fsp3) is 0.438. The van der Waals surface area contributed by atoms with E-state index < -0.39 is 0 Å². The molecular weight excluding hydrogens is 280 g/mol. The fourth-order valence-corrected chi connectivity index (χ4v) is 2.31. The zero-order chi connectivity index (χ0) is 16.3. The summed E-state index contributed by atoms with van der Waals surface area (Å²) in [4.78, 5) is 13.8. The van der Waals surface area contributed by atoms with Crippen LogP contribution in [0.5, 0.6) is 0 Å². The molecule has 22 heavy (non-hydrogen) atoms. The Morgan fingerprint density at radius 2 is 2.05 bits per heavy atom. The summed E-state index contributed by atoms with van der Waals surface area (Å²) in [6.45, 7) is 8.15. The molecule has 0 spiro atoms. The van der Waals surface area contributed by atoms with Crippen molar-refractivity contribution in [3.05, 3.63) is 40.7 Å². The second kappa shape index (κ2) is 6.70. The molecule has 0 fully saturated rings. The highest BCUT2D eigenvalue weighted by molar-refractivity contribution is 5.93. The van der Waals surface area contributed by atoms with Crippen LogP contribution in [0, 0.1) is 20.8 Å². The molecule has 6 nitrogen and oxygen atoms in total. The van der Waals surface area contributed by atoms with Crippen molar-refractivity contribution in [1.29, 1.82) is 0 Å². The van der Waals surface area contributed by atoms with Gasteiger partial charge >= 0.3 is 0 Å². The highest BCUT2D eigenvalue weighted by atomic mass is 16.5. The van der Waals surface area contributed by atoms with E-state index in [9.17, 15) is 4.79 Å². The highest BCUT2D eigenvalue weighted by Crippen LogP contribution is 2.15. The van der Waals surface area contributed by atoms with Gasteiger partial charge in [-0.25, -0.2) is 0 Å². The first kappa shape index (κ1) is 16.2. The number of hydrogen-bond acceptors (Lipinski definition) is 4. The molecule has 6 heteroatoms. The van der Waals surface area contributed by atoms with E-state index in [1.54, 1.807) is 14.0 Å². The van der Waals surface area contributed by atoms with Crippen LogP contribution in [-0.4, -0.2) is 40.7 Å². The Balaban J connectivity index is 2.26. The lowest BCUT2D eigenvalue weighted by atomic mass is 10.1. The first-order valence-electron chi connectivity index (χ1n) is 7.23. The number of hydrogen-bond donors (Lipinski definition) is 1. The van der Waals surface area contributed by atoms with Crippen LogP contribution in [0.25, 0.3) is 5.69 Å². The number of rotatable bonds is 5. The number of carbonyl (C=O) groups is 1. The summed E-state index contributed by atoms with van der Waals surface area (Å²) in [7, 11) is 1.60. The molecule has 0 aliphatic carbocycles. The van der Waals surface area contributed by atoms with Gasteiger partial charge in [-0.1, -0.05) is 17.7 Å². The molecule has 2 aromatic rings. The summed E-state index contributed by atoms with van der Waals surface area (Å²) in [6.07, 6.45) is 0. The minimum Gasteiger partial charge on any atom is -0.383 e.